The number of rotatable bonds is 1. The molecule has 0 aromatic carbocycles. The van der Waals surface area contributed by atoms with Crippen molar-refractivity contribution in [1.82, 2.24) is 19.6 Å². The summed E-state index contributed by atoms with van der Waals surface area (Å²) >= 11 is 6.05. The van der Waals surface area contributed by atoms with Crippen molar-refractivity contribution in [2.75, 3.05) is 18.0 Å². The molecule has 0 radical (unpaired) electrons. The van der Waals surface area contributed by atoms with Crippen LogP contribution >= 0.6 is 11.6 Å². The second kappa shape index (κ2) is 5.10. The van der Waals surface area contributed by atoms with Crippen LogP contribution in [-0.2, 0) is 0 Å². The maximum Gasteiger partial charge on any atom is 0.255 e. The van der Waals surface area contributed by atoms with E-state index in [-0.39, 0.29) is 0 Å². The molecule has 1 fully saturated rings. The number of anilines is 1. The normalized spacial score (nSPS) is 17.7. The number of aromatic nitrogens is 4. The van der Waals surface area contributed by atoms with Crippen LogP contribution < -0.4 is 4.90 Å². The second-order valence-corrected chi connectivity index (χ2v) is 5.05. The van der Waals surface area contributed by atoms with E-state index in [9.17, 15) is 0 Å². The van der Waals surface area contributed by atoms with Gasteiger partial charge in [-0.25, -0.2) is 0 Å². The smallest absolute Gasteiger partial charge is 0.255 e. The van der Waals surface area contributed by atoms with E-state index in [1.54, 1.807) is 4.52 Å². The third-order valence-corrected chi connectivity index (χ3v) is 3.58. The van der Waals surface area contributed by atoms with E-state index in [2.05, 4.69) is 20.0 Å². The standard InChI is InChI=1S/C12H16ClN5/c13-10-8-11(18-12(16-10)14-9-15-18)17-6-4-2-1-3-5-7-17/h8-9H,1-7H2. The predicted molar refractivity (Wildman–Crippen MR) is 71.1 cm³/mol. The summed E-state index contributed by atoms with van der Waals surface area (Å²) in [6, 6.07) is 1.88. The Kier molecular flexibility index (Phi) is 3.32. The molecule has 0 N–H and O–H groups in total. The van der Waals surface area contributed by atoms with Crippen molar-refractivity contribution in [1.29, 1.82) is 0 Å². The lowest BCUT2D eigenvalue weighted by Crippen LogP contribution is -2.29. The van der Waals surface area contributed by atoms with Crippen LogP contribution in [0.25, 0.3) is 5.78 Å². The van der Waals surface area contributed by atoms with Gasteiger partial charge in [-0.15, -0.1) is 0 Å². The number of halogens is 1. The Labute approximate surface area is 111 Å². The Balaban J connectivity index is 1.98. The first-order valence-electron chi connectivity index (χ1n) is 6.46. The quantitative estimate of drug-likeness (QED) is 0.744. The monoisotopic (exact) mass is 265 g/mol. The Bertz CT molecular complexity index is 530. The fourth-order valence-corrected chi connectivity index (χ4v) is 2.64. The SMILES string of the molecule is Clc1cc(N2CCCCCCC2)n2ncnc2n1. The molecule has 1 aliphatic rings. The molecule has 96 valence electrons. The molecule has 3 rings (SSSR count). The molecule has 0 amide bonds. The van der Waals surface area contributed by atoms with Crippen molar-refractivity contribution in [3.8, 4) is 0 Å². The molecule has 0 spiro atoms. The van der Waals surface area contributed by atoms with Gasteiger partial charge in [0.25, 0.3) is 5.78 Å². The van der Waals surface area contributed by atoms with Gasteiger partial charge in [0.2, 0.25) is 0 Å². The molecule has 5 nitrogen and oxygen atoms in total. The van der Waals surface area contributed by atoms with Gasteiger partial charge < -0.3 is 4.90 Å². The van der Waals surface area contributed by atoms with Gasteiger partial charge in [0.05, 0.1) is 0 Å². The minimum Gasteiger partial charge on any atom is -0.356 e. The molecular formula is C12H16ClN5. The molecule has 2 aromatic heterocycles. The van der Waals surface area contributed by atoms with Crippen molar-refractivity contribution in [2.24, 2.45) is 0 Å². The molecule has 2 aromatic rings. The Morgan fingerprint density at radius 2 is 1.78 bits per heavy atom. The molecule has 0 aliphatic carbocycles. The lowest BCUT2D eigenvalue weighted by Gasteiger charge is -2.26. The predicted octanol–water partition coefficient (Wildman–Crippen LogP) is 2.55. The number of fused-ring (bicyclic) bond motifs is 1. The Morgan fingerprint density at radius 3 is 2.56 bits per heavy atom. The third-order valence-electron chi connectivity index (χ3n) is 3.38. The van der Waals surface area contributed by atoms with Gasteiger partial charge in [0.15, 0.2) is 0 Å². The van der Waals surface area contributed by atoms with E-state index in [4.69, 9.17) is 11.6 Å². The average Bonchev–Trinajstić information content (AvgIpc) is 2.75. The van der Waals surface area contributed by atoms with Crippen LogP contribution in [0.2, 0.25) is 5.15 Å². The third kappa shape index (κ3) is 2.27. The van der Waals surface area contributed by atoms with Crippen molar-refractivity contribution in [2.45, 2.75) is 32.1 Å². The van der Waals surface area contributed by atoms with Crippen LogP contribution in [0.3, 0.4) is 0 Å². The summed E-state index contributed by atoms with van der Waals surface area (Å²) in [7, 11) is 0. The zero-order chi connectivity index (χ0) is 12.4. The molecule has 6 heteroatoms. The van der Waals surface area contributed by atoms with Crippen LogP contribution in [0.1, 0.15) is 32.1 Å². The van der Waals surface area contributed by atoms with Crippen LogP contribution in [0.15, 0.2) is 12.4 Å². The Hall–Kier alpha value is -1.36. The first kappa shape index (κ1) is 11.7. The highest BCUT2D eigenvalue weighted by Crippen LogP contribution is 2.21. The van der Waals surface area contributed by atoms with Gasteiger partial charge in [-0.2, -0.15) is 19.6 Å². The summed E-state index contributed by atoms with van der Waals surface area (Å²) < 4.78 is 1.77. The summed E-state index contributed by atoms with van der Waals surface area (Å²) in [5.41, 5.74) is 0. The summed E-state index contributed by atoms with van der Waals surface area (Å²) in [6.07, 6.45) is 7.91. The van der Waals surface area contributed by atoms with E-state index < -0.39 is 0 Å². The largest absolute Gasteiger partial charge is 0.356 e. The van der Waals surface area contributed by atoms with E-state index in [0.29, 0.717) is 10.9 Å². The first-order valence-corrected chi connectivity index (χ1v) is 6.83. The molecule has 3 heterocycles. The molecular weight excluding hydrogens is 250 g/mol. The molecule has 0 bridgehead atoms. The molecule has 18 heavy (non-hydrogen) atoms. The van der Waals surface area contributed by atoms with Crippen LogP contribution in [0.4, 0.5) is 5.82 Å². The fraction of sp³-hybridized carbons (Fsp3) is 0.583. The number of hydrogen-bond donors (Lipinski definition) is 0. The average molecular weight is 266 g/mol. The molecule has 1 aliphatic heterocycles. The van der Waals surface area contributed by atoms with Gasteiger partial charge in [0.1, 0.15) is 17.3 Å². The van der Waals surface area contributed by atoms with Crippen molar-refractivity contribution in [3.05, 3.63) is 17.5 Å². The van der Waals surface area contributed by atoms with E-state index in [1.165, 1.54) is 38.4 Å². The second-order valence-electron chi connectivity index (χ2n) is 4.66. The number of nitrogens with zero attached hydrogens (tertiary/aromatic N) is 5. The lowest BCUT2D eigenvalue weighted by atomic mass is 10.1. The van der Waals surface area contributed by atoms with Crippen LogP contribution in [0, 0.1) is 0 Å². The van der Waals surface area contributed by atoms with Gasteiger partial charge >= 0.3 is 0 Å². The van der Waals surface area contributed by atoms with Gasteiger partial charge in [0, 0.05) is 19.2 Å². The van der Waals surface area contributed by atoms with Crippen molar-refractivity contribution >= 4 is 23.2 Å². The van der Waals surface area contributed by atoms with Gasteiger partial charge in [-0.3, -0.25) is 0 Å². The van der Waals surface area contributed by atoms with E-state index >= 15 is 0 Å². The summed E-state index contributed by atoms with van der Waals surface area (Å²) in [6.45, 7) is 2.10. The van der Waals surface area contributed by atoms with Crippen LogP contribution in [0.5, 0.6) is 0 Å². The van der Waals surface area contributed by atoms with E-state index in [0.717, 1.165) is 18.9 Å². The highest BCUT2D eigenvalue weighted by molar-refractivity contribution is 6.29. The maximum absolute atomic E-state index is 6.05. The highest BCUT2D eigenvalue weighted by Gasteiger charge is 2.14. The Morgan fingerprint density at radius 1 is 1.06 bits per heavy atom. The van der Waals surface area contributed by atoms with Crippen molar-refractivity contribution in [3.63, 3.8) is 0 Å². The lowest BCUT2D eigenvalue weighted by molar-refractivity contribution is 0.550. The zero-order valence-corrected chi connectivity index (χ0v) is 11.0. The van der Waals surface area contributed by atoms with Gasteiger partial charge in [-0.05, 0) is 12.8 Å². The topological polar surface area (TPSA) is 46.3 Å². The molecule has 0 unspecified atom stereocenters. The first-order chi connectivity index (χ1) is 8.84. The molecule has 0 atom stereocenters. The minimum absolute atomic E-state index is 0.479. The molecule has 0 saturated carbocycles. The fourth-order valence-electron chi connectivity index (χ4n) is 2.47. The highest BCUT2D eigenvalue weighted by atomic mass is 35.5. The summed E-state index contributed by atoms with van der Waals surface area (Å²) in [4.78, 5) is 10.6. The zero-order valence-electron chi connectivity index (χ0n) is 10.2. The van der Waals surface area contributed by atoms with Crippen molar-refractivity contribution < 1.29 is 0 Å². The summed E-state index contributed by atoms with van der Waals surface area (Å²) in [5, 5.41) is 4.71. The number of hydrogen-bond acceptors (Lipinski definition) is 4. The van der Waals surface area contributed by atoms with Crippen LogP contribution in [-0.4, -0.2) is 32.7 Å². The molecule has 1 saturated heterocycles. The maximum atomic E-state index is 6.05. The summed E-state index contributed by atoms with van der Waals surface area (Å²) in [5.74, 6) is 1.57. The minimum atomic E-state index is 0.479. The van der Waals surface area contributed by atoms with E-state index in [1.807, 2.05) is 6.07 Å². The van der Waals surface area contributed by atoms with Gasteiger partial charge in [-0.1, -0.05) is 30.9 Å².